The summed E-state index contributed by atoms with van der Waals surface area (Å²) in [5.74, 6) is 0.165. The highest BCUT2D eigenvalue weighted by molar-refractivity contribution is 7.91. The van der Waals surface area contributed by atoms with Gasteiger partial charge < -0.3 is 10.2 Å². The fraction of sp³-hybridized carbons (Fsp3) is 0.600. The maximum absolute atomic E-state index is 12.3. The topological polar surface area (TPSA) is 82.6 Å². The second-order valence-corrected chi connectivity index (χ2v) is 8.31. The van der Waals surface area contributed by atoms with Gasteiger partial charge in [-0.2, -0.15) is 0 Å². The lowest BCUT2D eigenvalue weighted by molar-refractivity contribution is -0.136. The average Bonchev–Trinajstić information content (AvgIpc) is 2.84. The molecule has 0 unspecified atom stereocenters. The van der Waals surface area contributed by atoms with Crippen molar-refractivity contribution in [2.24, 2.45) is 0 Å². The molecular formula is C15H22N4O3S. The third-order valence-corrected chi connectivity index (χ3v) is 6.25. The van der Waals surface area contributed by atoms with Crippen LogP contribution in [0.25, 0.3) is 0 Å². The summed E-state index contributed by atoms with van der Waals surface area (Å²) in [5, 5.41) is 2.85. The highest BCUT2D eigenvalue weighted by Gasteiger charge is 2.47. The number of likely N-dealkylation sites (N-methyl/N-ethyl adjacent to an activating group) is 1. The summed E-state index contributed by atoms with van der Waals surface area (Å²) in [6.45, 7) is 2.16. The zero-order chi connectivity index (χ0) is 16.4. The van der Waals surface area contributed by atoms with Crippen LogP contribution >= 0.6 is 0 Å². The first-order chi connectivity index (χ1) is 11.0. The van der Waals surface area contributed by atoms with Crippen molar-refractivity contribution in [2.45, 2.75) is 18.6 Å². The molecule has 0 aliphatic carbocycles. The van der Waals surface area contributed by atoms with E-state index in [1.165, 1.54) is 0 Å². The third-order valence-electron chi connectivity index (χ3n) is 4.55. The molecule has 2 fully saturated rings. The Kier molecular flexibility index (Phi) is 4.65. The van der Waals surface area contributed by atoms with Crippen molar-refractivity contribution < 1.29 is 13.2 Å². The first-order valence-electron chi connectivity index (χ1n) is 7.77. The molecule has 2 atom stereocenters. The van der Waals surface area contributed by atoms with Crippen LogP contribution in [0.3, 0.4) is 0 Å². The Morgan fingerprint density at radius 1 is 1.35 bits per heavy atom. The van der Waals surface area contributed by atoms with E-state index in [9.17, 15) is 13.2 Å². The first-order valence-corrected chi connectivity index (χ1v) is 9.60. The summed E-state index contributed by atoms with van der Waals surface area (Å²) in [6.07, 6.45) is 3.53. The number of fused-ring (bicyclic) bond motifs is 1. The van der Waals surface area contributed by atoms with E-state index in [4.69, 9.17) is 0 Å². The SMILES string of the molecule is CNCC(=O)N1CCN(Cc2cccnc2)[C@@H]2CS(=O)(=O)C[C@@H]21. The minimum Gasteiger partial charge on any atom is -0.335 e. The summed E-state index contributed by atoms with van der Waals surface area (Å²) < 4.78 is 24.3. The molecule has 126 valence electrons. The van der Waals surface area contributed by atoms with Gasteiger partial charge in [0.15, 0.2) is 9.84 Å². The van der Waals surface area contributed by atoms with E-state index in [2.05, 4.69) is 15.2 Å². The van der Waals surface area contributed by atoms with Crippen LogP contribution in [0.4, 0.5) is 0 Å². The van der Waals surface area contributed by atoms with Crippen molar-refractivity contribution in [2.75, 3.05) is 38.2 Å². The highest BCUT2D eigenvalue weighted by Crippen LogP contribution is 2.28. The molecule has 0 saturated carbocycles. The Morgan fingerprint density at radius 3 is 2.83 bits per heavy atom. The van der Waals surface area contributed by atoms with E-state index in [1.54, 1.807) is 24.3 Å². The summed E-state index contributed by atoms with van der Waals surface area (Å²) in [5.41, 5.74) is 1.06. The van der Waals surface area contributed by atoms with E-state index < -0.39 is 9.84 Å². The van der Waals surface area contributed by atoms with E-state index in [-0.39, 0.29) is 36.0 Å². The molecule has 1 aromatic rings. The normalized spacial score (nSPS) is 26.9. The first kappa shape index (κ1) is 16.4. The van der Waals surface area contributed by atoms with Gasteiger partial charge in [0.1, 0.15) is 0 Å². The molecule has 2 saturated heterocycles. The molecule has 2 aliphatic rings. The van der Waals surface area contributed by atoms with Crippen molar-refractivity contribution in [1.82, 2.24) is 20.1 Å². The summed E-state index contributed by atoms with van der Waals surface area (Å²) >= 11 is 0. The van der Waals surface area contributed by atoms with E-state index in [1.807, 2.05) is 12.1 Å². The number of hydrogen-bond donors (Lipinski definition) is 1. The zero-order valence-electron chi connectivity index (χ0n) is 13.2. The second kappa shape index (κ2) is 6.54. The number of nitrogens with one attached hydrogen (secondary N) is 1. The average molecular weight is 338 g/mol. The maximum atomic E-state index is 12.3. The quantitative estimate of drug-likeness (QED) is 0.767. The number of sulfone groups is 1. The highest BCUT2D eigenvalue weighted by atomic mass is 32.2. The van der Waals surface area contributed by atoms with Crippen LogP contribution in [0.1, 0.15) is 5.56 Å². The van der Waals surface area contributed by atoms with Gasteiger partial charge >= 0.3 is 0 Å². The Hall–Kier alpha value is -1.51. The minimum absolute atomic E-state index is 0.0272. The Bertz CT molecular complexity index is 665. The predicted octanol–water partition coefficient (Wildman–Crippen LogP) is -0.889. The molecule has 3 heterocycles. The van der Waals surface area contributed by atoms with E-state index in [0.717, 1.165) is 5.56 Å². The van der Waals surface area contributed by atoms with Crippen molar-refractivity contribution in [3.8, 4) is 0 Å². The summed E-state index contributed by atoms with van der Waals surface area (Å²) in [4.78, 5) is 20.3. The van der Waals surface area contributed by atoms with Crippen LogP contribution in [-0.2, 0) is 21.2 Å². The molecule has 0 spiro atoms. The lowest BCUT2D eigenvalue weighted by Gasteiger charge is -2.44. The molecule has 23 heavy (non-hydrogen) atoms. The predicted molar refractivity (Wildman–Crippen MR) is 86.5 cm³/mol. The number of carbonyl (C=O) groups excluding carboxylic acids is 1. The van der Waals surface area contributed by atoms with Gasteiger partial charge in [0, 0.05) is 38.1 Å². The van der Waals surface area contributed by atoms with Gasteiger partial charge in [-0.25, -0.2) is 8.42 Å². The molecule has 1 N–H and O–H groups in total. The molecule has 0 radical (unpaired) electrons. The van der Waals surface area contributed by atoms with E-state index in [0.29, 0.717) is 19.6 Å². The second-order valence-electron chi connectivity index (χ2n) is 6.16. The molecule has 3 rings (SSSR count). The number of piperazine rings is 1. The van der Waals surface area contributed by atoms with Crippen molar-refractivity contribution >= 4 is 15.7 Å². The Balaban J connectivity index is 1.79. The number of amides is 1. The maximum Gasteiger partial charge on any atom is 0.236 e. The number of carbonyl (C=O) groups is 1. The molecule has 1 amide bonds. The summed E-state index contributed by atoms with van der Waals surface area (Å²) in [7, 11) is -1.39. The lowest BCUT2D eigenvalue weighted by Crippen LogP contribution is -2.61. The van der Waals surface area contributed by atoms with Gasteiger partial charge in [-0.1, -0.05) is 6.07 Å². The number of nitrogens with zero attached hydrogens (tertiary/aromatic N) is 3. The van der Waals surface area contributed by atoms with Crippen molar-refractivity contribution in [3.63, 3.8) is 0 Å². The largest absolute Gasteiger partial charge is 0.335 e. The van der Waals surface area contributed by atoms with Crippen LogP contribution in [0.2, 0.25) is 0 Å². The Labute approximate surface area is 136 Å². The molecule has 7 nitrogen and oxygen atoms in total. The van der Waals surface area contributed by atoms with Gasteiger partial charge in [-0.05, 0) is 18.7 Å². The number of pyridine rings is 1. The molecule has 0 aromatic carbocycles. The van der Waals surface area contributed by atoms with Gasteiger partial charge in [-0.3, -0.25) is 14.7 Å². The van der Waals surface area contributed by atoms with Gasteiger partial charge in [0.05, 0.1) is 24.1 Å². The third kappa shape index (κ3) is 3.54. The van der Waals surface area contributed by atoms with Crippen molar-refractivity contribution in [3.05, 3.63) is 30.1 Å². The van der Waals surface area contributed by atoms with Crippen LogP contribution in [0, 0.1) is 0 Å². The monoisotopic (exact) mass is 338 g/mol. The molecule has 0 bridgehead atoms. The fourth-order valence-corrected chi connectivity index (χ4v) is 5.52. The number of rotatable bonds is 4. The molecule has 1 aromatic heterocycles. The van der Waals surface area contributed by atoms with Crippen LogP contribution in [0.5, 0.6) is 0 Å². The lowest BCUT2D eigenvalue weighted by atomic mass is 10.0. The smallest absolute Gasteiger partial charge is 0.236 e. The standard InChI is InChI=1S/C15H22N4O3S/c1-16-8-15(20)19-6-5-18(9-12-3-2-4-17-7-12)13-10-23(21,22)11-14(13)19/h2-4,7,13-14,16H,5-6,8-11H2,1H3/t13-,14+/m1/s1. The molecule has 2 aliphatic heterocycles. The zero-order valence-corrected chi connectivity index (χ0v) is 14.0. The minimum atomic E-state index is -3.11. The summed E-state index contributed by atoms with van der Waals surface area (Å²) in [6, 6.07) is 3.50. The number of aromatic nitrogens is 1. The van der Waals surface area contributed by atoms with Gasteiger partial charge in [-0.15, -0.1) is 0 Å². The van der Waals surface area contributed by atoms with Gasteiger partial charge in [0.25, 0.3) is 0 Å². The van der Waals surface area contributed by atoms with Gasteiger partial charge in [0.2, 0.25) is 5.91 Å². The Morgan fingerprint density at radius 2 is 2.13 bits per heavy atom. The van der Waals surface area contributed by atoms with Crippen LogP contribution in [-0.4, -0.2) is 79.4 Å². The van der Waals surface area contributed by atoms with Crippen LogP contribution < -0.4 is 5.32 Å². The van der Waals surface area contributed by atoms with Crippen LogP contribution in [0.15, 0.2) is 24.5 Å². The molecule has 8 heteroatoms. The van der Waals surface area contributed by atoms with E-state index >= 15 is 0 Å². The number of hydrogen-bond acceptors (Lipinski definition) is 6. The van der Waals surface area contributed by atoms with Crippen molar-refractivity contribution in [1.29, 1.82) is 0 Å². The fourth-order valence-electron chi connectivity index (χ4n) is 3.51. The molecular weight excluding hydrogens is 316 g/mol.